The Labute approximate surface area is 122 Å². The van der Waals surface area contributed by atoms with E-state index in [0.29, 0.717) is 12.5 Å². The largest absolute Gasteiger partial charge is 0.348 e. The number of nitrogens with zero attached hydrogens (tertiary/aromatic N) is 1. The fraction of sp³-hybridized carbons (Fsp3) is 0.588. The lowest BCUT2D eigenvalue weighted by Crippen LogP contribution is -2.39. The maximum atomic E-state index is 12.2. The van der Waals surface area contributed by atoms with Crippen molar-refractivity contribution >= 4 is 5.91 Å². The average Bonchev–Trinajstić information content (AvgIpc) is 3.28. The van der Waals surface area contributed by atoms with Crippen LogP contribution in [0.15, 0.2) is 24.3 Å². The molecule has 20 heavy (non-hydrogen) atoms. The Balaban J connectivity index is 1.99. The summed E-state index contributed by atoms with van der Waals surface area (Å²) in [5.41, 5.74) is 2.50. The maximum Gasteiger partial charge on any atom is 0.234 e. The third-order valence-corrected chi connectivity index (χ3v) is 4.11. The lowest BCUT2D eigenvalue weighted by molar-refractivity contribution is -0.123. The summed E-state index contributed by atoms with van der Waals surface area (Å²) in [6.07, 6.45) is 2.45. The number of amides is 1. The molecule has 1 N–H and O–H groups in total. The van der Waals surface area contributed by atoms with Gasteiger partial charge in [0.1, 0.15) is 0 Å². The molecule has 0 bridgehead atoms. The molecule has 0 spiro atoms. The van der Waals surface area contributed by atoms with Gasteiger partial charge in [-0.05, 0) is 44.3 Å². The number of hydrogen-bond acceptors (Lipinski definition) is 2. The van der Waals surface area contributed by atoms with Gasteiger partial charge in [-0.2, -0.15) is 0 Å². The van der Waals surface area contributed by atoms with Crippen molar-refractivity contribution in [1.29, 1.82) is 0 Å². The summed E-state index contributed by atoms with van der Waals surface area (Å²) in [4.78, 5) is 14.3. The summed E-state index contributed by atoms with van der Waals surface area (Å²) in [6, 6.07) is 8.74. The third kappa shape index (κ3) is 4.07. The van der Waals surface area contributed by atoms with E-state index in [1.807, 2.05) is 0 Å². The predicted molar refractivity (Wildman–Crippen MR) is 82.6 cm³/mol. The van der Waals surface area contributed by atoms with Crippen molar-refractivity contribution in [1.82, 2.24) is 10.2 Å². The molecule has 1 unspecified atom stereocenters. The van der Waals surface area contributed by atoms with Crippen LogP contribution in [0.3, 0.4) is 0 Å². The van der Waals surface area contributed by atoms with E-state index in [9.17, 15) is 4.79 Å². The molecule has 1 saturated carbocycles. The lowest BCUT2D eigenvalue weighted by Gasteiger charge is -2.22. The number of aryl methyl sites for hydroxylation is 1. The molecule has 0 heterocycles. The minimum absolute atomic E-state index is 0.145. The van der Waals surface area contributed by atoms with Crippen molar-refractivity contribution in [2.24, 2.45) is 5.92 Å². The van der Waals surface area contributed by atoms with Crippen LogP contribution in [0, 0.1) is 12.8 Å². The summed E-state index contributed by atoms with van der Waals surface area (Å²) < 4.78 is 0. The van der Waals surface area contributed by atoms with Crippen LogP contribution in [0.1, 0.15) is 43.9 Å². The van der Waals surface area contributed by atoms with Crippen LogP contribution in [0.5, 0.6) is 0 Å². The van der Waals surface area contributed by atoms with Crippen LogP contribution >= 0.6 is 0 Å². The first kappa shape index (κ1) is 15.0. The van der Waals surface area contributed by atoms with Gasteiger partial charge in [0.05, 0.1) is 12.6 Å². The van der Waals surface area contributed by atoms with Gasteiger partial charge in [0.25, 0.3) is 0 Å². The van der Waals surface area contributed by atoms with E-state index in [2.05, 4.69) is 55.3 Å². The first-order valence-corrected chi connectivity index (χ1v) is 7.72. The van der Waals surface area contributed by atoms with Crippen molar-refractivity contribution < 1.29 is 4.79 Å². The zero-order valence-electron chi connectivity index (χ0n) is 12.9. The number of carbonyl (C=O) groups is 1. The van der Waals surface area contributed by atoms with Gasteiger partial charge in [0.15, 0.2) is 0 Å². The summed E-state index contributed by atoms with van der Waals surface area (Å²) >= 11 is 0. The monoisotopic (exact) mass is 274 g/mol. The van der Waals surface area contributed by atoms with Gasteiger partial charge in [-0.15, -0.1) is 0 Å². The molecule has 0 saturated heterocycles. The molecule has 0 radical (unpaired) electrons. The summed E-state index contributed by atoms with van der Waals surface area (Å²) in [5, 5.41) is 3.23. The van der Waals surface area contributed by atoms with Crippen LogP contribution < -0.4 is 5.32 Å². The average molecular weight is 274 g/mol. The second-order valence-corrected chi connectivity index (χ2v) is 5.75. The molecule has 1 amide bonds. The van der Waals surface area contributed by atoms with E-state index in [4.69, 9.17) is 0 Å². The molecule has 1 aromatic carbocycles. The molecule has 3 heteroatoms. The Morgan fingerprint density at radius 1 is 1.25 bits per heavy atom. The van der Waals surface area contributed by atoms with Crippen molar-refractivity contribution in [2.75, 3.05) is 19.6 Å². The fourth-order valence-corrected chi connectivity index (χ4v) is 2.55. The fourth-order valence-electron chi connectivity index (χ4n) is 2.55. The Bertz CT molecular complexity index is 433. The highest BCUT2D eigenvalue weighted by Crippen LogP contribution is 2.41. The molecule has 1 atom stereocenters. The van der Waals surface area contributed by atoms with E-state index in [1.54, 1.807) is 0 Å². The highest BCUT2D eigenvalue weighted by Gasteiger charge is 2.33. The maximum absolute atomic E-state index is 12.2. The standard InChI is InChI=1S/C17H26N2O/c1-4-19(5-2)12-16(20)18-17(15-10-11-15)14-8-6-13(3)7-9-14/h6-9,15,17H,4-5,10-12H2,1-3H3,(H,18,20). The van der Waals surface area contributed by atoms with Crippen molar-refractivity contribution in [3.8, 4) is 0 Å². The molecular weight excluding hydrogens is 248 g/mol. The van der Waals surface area contributed by atoms with Gasteiger partial charge in [-0.1, -0.05) is 43.7 Å². The topological polar surface area (TPSA) is 32.3 Å². The van der Waals surface area contributed by atoms with Gasteiger partial charge in [-0.3, -0.25) is 9.69 Å². The number of rotatable bonds is 7. The van der Waals surface area contributed by atoms with Crippen LogP contribution in [0.2, 0.25) is 0 Å². The molecule has 0 aliphatic heterocycles. The Morgan fingerprint density at radius 2 is 1.85 bits per heavy atom. The first-order valence-electron chi connectivity index (χ1n) is 7.72. The molecule has 1 aromatic rings. The summed E-state index contributed by atoms with van der Waals surface area (Å²) in [5.74, 6) is 0.768. The number of nitrogens with one attached hydrogen (secondary N) is 1. The molecule has 1 fully saturated rings. The van der Waals surface area contributed by atoms with Crippen molar-refractivity contribution in [3.63, 3.8) is 0 Å². The highest BCUT2D eigenvalue weighted by atomic mass is 16.2. The molecule has 3 nitrogen and oxygen atoms in total. The van der Waals surface area contributed by atoms with E-state index in [-0.39, 0.29) is 11.9 Å². The SMILES string of the molecule is CCN(CC)CC(=O)NC(c1ccc(C)cc1)C1CC1. The van der Waals surface area contributed by atoms with E-state index in [0.717, 1.165) is 13.1 Å². The molecule has 1 aliphatic rings. The second-order valence-electron chi connectivity index (χ2n) is 5.75. The second kappa shape index (κ2) is 6.89. The van der Waals surface area contributed by atoms with Crippen LogP contribution in [0.4, 0.5) is 0 Å². The highest BCUT2D eigenvalue weighted by molar-refractivity contribution is 5.78. The first-order chi connectivity index (χ1) is 9.63. The predicted octanol–water partition coefficient (Wildman–Crippen LogP) is 2.90. The van der Waals surface area contributed by atoms with Gasteiger partial charge in [-0.25, -0.2) is 0 Å². The number of likely N-dealkylation sites (N-methyl/N-ethyl adjacent to an activating group) is 1. The number of hydrogen-bond donors (Lipinski definition) is 1. The Morgan fingerprint density at radius 3 is 2.35 bits per heavy atom. The smallest absolute Gasteiger partial charge is 0.234 e. The Kier molecular flexibility index (Phi) is 5.18. The third-order valence-electron chi connectivity index (χ3n) is 4.11. The van der Waals surface area contributed by atoms with E-state index < -0.39 is 0 Å². The van der Waals surface area contributed by atoms with Crippen molar-refractivity contribution in [3.05, 3.63) is 35.4 Å². The molecule has 1 aliphatic carbocycles. The number of benzene rings is 1. The minimum Gasteiger partial charge on any atom is -0.348 e. The summed E-state index contributed by atoms with van der Waals surface area (Å²) in [7, 11) is 0. The van der Waals surface area contributed by atoms with Crippen LogP contribution in [-0.2, 0) is 4.79 Å². The van der Waals surface area contributed by atoms with Gasteiger partial charge < -0.3 is 5.32 Å². The number of carbonyl (C=O) groups excluding carboxylic acids is 1. The van der Waals surface area contributed by atoms with Gasteiger partial charge >= 0.3 is 0 Å². The quantitative estimate of drug-likeness (QED) is 0.829. The molecular formula is C17H26N2O. The molecule has 2 rings (SSSR count). The lowest BCUT2D eigenvalue weighted by atomic mass is 10.0. The van der Waals surface area contributed by atoms with Crippen LogP contribution in [0.25, 0.3) is 0 Å². The zero-order valence-corrected chi connectivity index (χ0v) is 12.9. The van der Waals surface area contributed by atoms with Gasteiger partial charge in [0, 0.05) is 0 Å². The zero-order chi connectivity index (χ0) is 14.5. The van der Waals surface area contributed by atoms with Crippen LogP contribution in [-0.4, -0.2) is 30.4 Å². The van der Waals surface area contributed by atoms with Gasteiger partial charge in [0.2, 0.25) is 5.91 Å². The minimum atomic E-state index is 0.145. The molecule has 110 valence electrons. The normalized spacial score (nSPS) is 16.2. The molecule has 0 aromatic heterocycles. The van der Waals surface area contributed by atoms with E-state index in [1.165, 1.54) is 24.0 Å². The van der Waals surface area contributed by atoms with Crippen molar-refractivity contribution in [2.45, 2.75) is 39.7 Å². The summed E-state index contributed by atoms with van der Waals surface area (Å²) in [6.45, 7) is 8.62. The Hall–Kier alpha value is -1.35. The van der Waals surface area contributed by atoms with E-state index >= 15 is 0 Å².